The molecule has 0 aromatic carbocycles. The van der Waals surface area contributed by atoms with Crippen molar-refractivity contribution in [2.24, 2.45) is 0 Å². The molecule has 2 saturated heterocycles. The Hall–Kier alpha value is -1.90. The number of carbonyl (C=O) groups is 1. The topological polar surface area (TPSA) is 79.2 Å². The van der Waals surface area contributed by atoms with Crippen LogP contribution in [0.3, 0.4) is 0 Å². The highest BCUT2D eigenvalue weighted by Crippen LogP contribution is 2.39. The smallest absolute Gasteiger partial charge is 0.226 e. The Morgan fingerprint density at radius 3 is 2.59 bits per heavy atom. The van der Waals surface area contributed by atoms with E-state index < -0.39 is 0 Å². The van der Waals surface area contributed by atoms with Crippen LogP contribution in [0.4, 0.5) is 11.6 Å². The lowest BCUT2D eigenvalue weighted by atomic mass is 9.92. The van der Waals surface area contributed by atoms with Crippen molar-refractivity contribution in [2.75, 3.05) is 42.9 Å². The minimum atomic E-state index is 0.0166. The second-order valence-corrected chi connectivity index (χ2v) is 9.84. The molecule has 10 heteroatoms. The van der Waals surface area contributed by atoms with Crippen molar-refractivity contribution in [1.29, 1.82) is 0 Å². The van der Waals surface area contributed by atoms with Crippen LogP contribution in [0.5, 0.6) is 0 Å². The Morgan fingerprint density at radius 1 is 1.09 bits per heavy atom. The second kappa shape index (κ2) is 9.15. The van der Waals surface area contributed by atoms with Crippen molar-refractivity contribution in [1.82, 2.24) is 24.4 Å². The fourth-order valence-electron chi connectivity index (χ4n) is 5.30. The summed E-state index contributed by atoms with van der Waals surface area (Å²) in [6, 6.07) is 0. The van der Waals surface area contributed by atoms with Gasteiger partial charge in [-0.25, -0.2) is 15.0 Å². The summed E-state index contributed by atoms with van der Waals surface area (Å²) in [4.78, 5) is 30.2. The number of nitrogens with zero attached hydrogens (tertiary/aromatic N) is 6. The molecule has 0 radical (unpaired) electrons. The first-order valence-electron chi connectivity index (χ1n) is 11.5. The summed E-state index contributed by atoms with van der Waals surface area (Å²) < 4.78 is 2.12. The monoisotopic (exact) mass is 477 g/mol. The van der Waals surface area contributed by atoms with Crippen LogP contribution < -0.4 is 10.2 Å². The van der Waals surface area contributed by atoms with E-state index in [1.54, 1.807) is 6.33 Å². The summed E-state index contributed by atoms with van der Waals surface area (Å²) >= 11 is 12.9. The van der Waals surface area contributed by atoms with Crippen LogP contribution in [0.1, 0.15) is 62.3 Å². The fraction of sp³-hybridized carbons (Fsp3) is 0.636. The van der Waals surface area contributed by atoms with Gasteiger partial charge in [0.2, 0.25) is 5.91 Å². The lowest BCUT2D eigenvalue weighted by Crippen LogP contribution is -2.36. The van der Waals surface area contributed by atoms with Gasteiger partial charge in [0.25, 0.3) is 0 Å². The summed E-state index contributed by atoms with van der Waals surface area (Å²) in [7, 11) is 0. The summed E-state index contributed by atoms with van der Waals surface area (Å²) in [6.45, 7) is 7.93. The highest BCUT2D eigenvalue weighted by atomic mass is 35.5. The zero-order chi connectivity index (χ0) is 22.2. The molecule has 2 fully saturated rings. The maximum absolute atomic E-state index is 11.9. The lowest BCUT2D eigenvalue weighted by molar-refractivity contribution is -0.116. The maximum Gasteiger partial charge on any atom is 0.226 e. The molecule has 0 aliphatic carbocycles. The van der Waals surface area contributed by atoms with Crippen molar-refractivity contribution in [2.45, 2.75) is 57.4 Å². The van der Waals surface area contributed by atoms with E-state index in [-0.39, 0.29) is 11.8 Å². The van der Waals surface area contributed by atoms with Crippen LogP contribution in [-0.2, 0) is 11.3 Å². The molecule has 1 atom stereocenters. The molecule has 0 saturated carbocycles. The van der Waals surface area contributed by atoms with Gasteiger partial charge in [-0.15, -0.1) is 0 Å². The number of aromatic nitrogens is 4. The van der Waals surface area contributed by atoms with Crippen molar-refractivity contribution < 1.29 is 4.79 Å². The fourth-order valence-corrected chi connectivity index (χ4v) is 5.70. The molecule has 0 bridgehead atoms. The van der Waals surface area contributed by atoms with Crippen LogP contribution in [0.2, 0.25) is 10.3 Å². The SMILES string of the molecule is CC1CC(=O)Nc2ncnc(N3CCC(c4nc(Cl)c(Cl)n4CCN4CCCC4)CC3)c21. The Balaban J connectivity index is 1.30. The standard InChI is InChI=1S/C22H29Cl2N7O/c1-14-12-16(32)27-20-17(14)22(26-13-25-20)30-8-4-15(5-9-30)21-28-18(23)19(24)31(21)11-10-29-6-2-3-7-29/h13-15H,2-12H2,1H3,(H,25,26,27,32). The van der Waals surface area contributed by atoms with Gasteiger partial charge >= 0.3 is 0 Å². The molecule has 32 heavy (non-hydrogen) atoms. The molecular weight excluding hydrogens is 449 g/mol. The summed E-state index contributed by atoms with van der Waals surface area (Å²) in [6.07, 6.45) is 6.47. The van der Waals surface area contributed by atoms with Gasteiger partial charge in [-0.3, -0.25) is 4.79 Å². The predicted molar refractivity (Wildman–Crippen MR) is 126 cm³/mol. The Labute approximate surface area is 198 Å². The van der Waals surface area contributed by atoms with E-state index in [9.17, 15) is 4.79 Å². The molecule has 1 unspecified atom stereocenters. The van der Waals surface area contributed by atoms with E-state index in [1.165, 1.54) is 12.8 Å². The summed E-state index contributed by atoms with van der Waals surface area (Å²) in [5.74, 6) is 3.03. The molecule has 2 aromatic heterocycles. The summed E-state index contributed by atoms with van der Waals surface area (Å²) in [5.41, 5.74) is 1.05. The Bertz CT molecular complexity index is 996. The quantitative estimate of drug-likeness (QED) is 0.702. The first kappa shape index (κ1) is 21.9. The highest BCUT2D eigenvalue weighted by Gasteiger charge is 2.32. The molecular formula is C22H29Cl2N7O. The number of anilines is 2. The number of nitrogens with one attached hydrogen (secondary N) is 1. The van der Waals surface area contributed by atoms with E-state index in [0.29, 0.717) is 28.5 Å². The van der Waals surface area contributed by atoms with Crippen molar-refractivity contribution in [3.63, 3.8) is 0 Å². The minimum Gasteiger partial charge on any atom is -0.356 e. The van der Waals surface area contributed by atoms with E-state index in [1.807, 2.05) is 0 Å². The molecule has 5 rings (SSSR count). The van der Waals surface area contributed by atoms with Gasteiger partial charge in [0, 0.05) is 44.1 Å². The maximum atomic E-state index is 11.9. The van der Waals surface area contributed by atoms with Gasteiger partial charge in [-0.2, -0.15) is 0 Å². The number of rotatable bonds is 5. The molecule has 8 nitrogen and oxygen atoms in total. The molecule has 1 N–H and O–H groups in total. The highest BCUT2D eigenvalue weighted by molar-refractivity contribution is 6.40. The average molecular weight is 478 g/mol. The number of halogens is 2. The Morgan fingerprint density at radius 2 is 1.84 bits per heavy atom. The van der Waals surface area contributed by atoms with E-state index in [0.717, 1.165) is 69.3 Å². The largest absolute Gasteiger partial charge is 0.356 e. The van der Waals surface area contributed by atoms with Gasteiger partial charge in [0.1, 0.15) is 28.9 Å². The number of hydrogen-bond donors (Lipinski definition) is 1. The predicted octanol–water partition coefficient (Wildman–Crippen LogP) is 3.91. The lowest BCUT2D eigenvalue weighted by Gasteiger charge is -2.35. The van der Waals surface area contributed by atoms with Crippen LogP contribution in [0.25, 0.3) is 0 Å². The van der Waals surface area contributed by atoms with Crippen LogP contribution in [-0.4, -0.2) is 63.0 Å². The van der Waals surface area contributed by atoms with Gasteiger partial charge in [-0.05, 0) is 44.7 Å². The first-order valence-corrected chi connectivity index (χ1v) is 12.3. The molecule has 2 aromatic rings. The Kier molecular flexibility index (Phi) is 6.27. The normalized spacial score (nSPS) is 22.3. The zero-order valence-electron chi connectivity index (χ0n) is 18.4. The molecule has 1 amide bonds. The zero-order valence-corrected chi connectivity index (χ0v) is 19.9. The number of imidazole rings is 1. The molecule has 3 aliphatic rings. The third kappa shape index (κ3) is 4.20. The molecule has 5 heterocycles. The van der Waals surface area contributed by atoms with E-state index >= 15 is 0 Å². The number of hydrogen-bond acceptors (Lipinski definition) is 6. The number of amides is 1. The van der Waals surface area contributed by atoms with Crippen LogP contribution in [0.15, 0.2) is 6.33 Å². The number of piperidine rings is 1. The van der Waals surface area contributed by atoms with Crippen molar-refractivity contribution >= 4 is 40.7 Å². The minimum absolute atomic E-state index is 0.0166. The van der Waals surface area contributed by atoms with Crippen molar-refractivity contribution in [3.05, 3.63) is 28.0 Å². The third-order valence-corrected chi connectivity index (χ3v) is 7.74. The summed E-state index contributed by atoms with van der Waals surface area (Å²) in [5, 5.41) is 3.85. The van der Waals surface area contributed by atoms with Gasteiger partial charge in [0.05, 0.1) is 0 Å². The second-order valence-electron chi connectivity index (χ2n) is 9.13. The van der Waals surface area contributed by atoms with Gasteiger partial charge < -0.3 is 19.7 Å². The van der Waals surface area contributed by atoms with Crippen molar-refractivity contribution in [3.8, 4) is 0 Å². The molecule has 172 valence electrons. The number of fused-ring (bicyclic) bond motifs is 1. The van der Waals surface area contributed by atoms with E-state index in [4.69, 9.17) is 23.2 Å². The van der Waals surface area contributed by atoms with E-state index in [2.05, 4.69) is 41.6 Å². The average Bonchev–Trinajstić information content (AvgIpc) is 3.40. The van der Waals surface area contributed by atoms with Gasteiger partial charge in [-0.1, -0.05) is 30.1 Å². The van der Waals surface area contributed by atoms with Gasteiger partial charge in [0.15, 0.2) is 5.15 Å². The molecule has 0 spiro atoms. The third-order valence-electron chi connectivity index (χ3n) is 7.00. The molecule has 3 aliphatic heterocycles. The number of carbonyl (C=O) groups excluding carboxylic acids is 1. The first-order chi connectivity index (χ1) is 15.5. The van der Waals surface area contributed by atoms with Crippen LogP contribution >= 0.6 is 23.2 Å². The van der Waals surface area contributed by atoms with Crippen LogP contribution in [0, 0.1) is 0 Å². The number of likely N-dealkylation sites (tertiary alicyclic amines) is 1.